The van der Waals surface area contributed by atoms with Gasteiger partial charge in [0.15, 0.2) is 0 Å². The highest BCUT2D eigenvalue weighted by Gasteiger charge is 2.14. The molecule has 0 atom stereocenters. The third kappa shape index (κ3) is 3.75. The van der Waals surface area contributed by atoms with E-state index < -0.39 is 0 Å². The fourth-order valence-corrected chi connectivity index (χ4v) is 2.08. The second kappa shape index (κ2) is 6.81. The summed E-state index contributed by atoms with van der Waals surface area (Å²) in [6, 6.07) is 5.61. The van der Waals surface area contributed by atoms with E-state index in [2.05, 4.69) is 25.7 Å². The van der Waals surface area contributed by atoms with Crippen LogP contribution < -0.4 is 5.73 Å². The molecule has 18 heavy (non-hydrogen) atoms. The van der Waals surface area contributed by atoms with Gasteiger partial charge in [0, 0.05) is 23.7 Å². The first-order valence-electron chi connectivity index (χ1n) is 6.28. The number of nitrogens with two attached hydrogens (primary N) is 1. The lowest BCUT2D eigenvalue weighted by Gasteiger charge is -2.26. The molecule has 1 aromatic rings. The van der Waals surface area contributed by atoms with Crippen molar-refractivity contribution in [1.29, 1.82) is 0 Å². The predicted octanol–water partition coefficient (Wildman–Crippen LogP) is 3.08. The molecule has 4 heteroatoms. The van der Waals surface area contributed by atoms with E-state index in [1.54, 1.807) is 18.2 Å². The Hall–Kier alpha value is -1.00. The predicted molar refractivity (Wildman–Crippen MR) is 78.1 cm³/mol. The minimum absolute atomic E-state index is 0.112. The number of rotatable bonds is 6. The van der Waals surface area contributed by atoms with E-state index in [0.717, 1.165) is 13.0 Å². The zero-order chi connectivity index (χ0) is 13.7. The van der Waals surface area contributed by atoms with Crippen LogP contribution in [0.2, 0.25) is 0 Å². The third-order valence-electron chi connectivity index (χ3n) is 2.96. The molecule has 0 aliphatic heterocycles. The van der Waals surface area contributed by atoms with Crippen molar-refractivity contribution in [2.45, 2.75) is 39.8 Å². The Kier molecular flexibility index (Phi) is 5.69. The maximum absolute atomic E-state index is 14.2. The highest BCUT2D eigenvalue weighted by atomic mass is 32.1. The zero-order valence-corrected chi connectivity index (χ0v) is 12.1. The normalized spacial score (nSPS) is 11.2. The summed E-state index contributed by atoms with van der Waals surface area (Å²) in [5.74, 6) is -0.285. The summed E-state index contributed by atoms with van der Waals surface area (Å²) in [4.78, 5) is 2.35. The van der Waals surface area contributed by atoms with E-state index in [1.165, 1.54) is 0 Å². The largest absolute Gasteiger partial charge is 0.389 e. The first-order valence-corrected chi connectivity index (χ1v) is 6.69. The van der Waals surface area contributed by atoms with Crippen LogP contribution in [0.3, 0.4) is 0 Å². The maximum Gasteiger partial charge on any atom is 0.137 e. The summed E-state index contributed by atoms with van der Waals surface area (Å²) < 4.78 is 14.2. The summed E-state index contributed by atoms with van der Waals surface area (Å²) in [6.45, 7) is 7.90. The van der Waals surface area contributed by atoms with E-state index in [0.29, 0.717) is 23.7 Å². The summed E-state index contributed by atoms with van der Waals surface area (Å²) in [5, 5.41) is 0. The summed E-state index contributed by atoms with van der Waals surface area (Å²) in [7, 11) is 0. The first-order chi connectivity index (χ1) is 8.47. The van der Waals surface area contributed by atoms with Crippen molar-refractivity contribution in [2.24, 2.45) is 5.73 Å². The highest BCUT2D eigenvalue weighted by molar-refractivity contribution is 7.80. The first kappa shape index (κ1) is 15.1. The van der Waals surface area contributed by atoms with Crippen LogP contribution in [0, 0.1) is 5.82 Å². The van der Waals surface area contributed by atoms with Gasteiger partial charge in [-0.25, -0.2) is 4.39 Å². The molecule has 0 heterocycles. The Morgan fingerprint density at radius 3 is 2.61 bits per heavy atom. The number of halogens is 1. The Balaban J connectivity index is 2.96. The molecule has 0 aliphatic carbocycles. The Bertz CT molecular complexity index is 418. The van der Waals surface area contributed by atoms with Gasteiger partial charge in [-0.2, -0.15) is 0 Å². The SMILES string of the molecule is CCCN(Cc1cccc(C(N)=S)c1F)C(C)C. The van der Waals surface area contributed by atoms with E-state index in [1.807, 2.05) is 0 Å². The van der Waals surface area contributed by atoms with Gasteiger partial charge in [0.25, 0.3) is 0 Å². The summed E-state index contributed by atoms with van der Waals surface area (Å²) in [6.07, 6.45) is 1.05. The maximum atomic E-state index is 14.2. The van der Waals surface area contributed by atoms with E-state index in [-0.39, 0.29) is 10.8 Å². The van der Waals surface area contributed by atoms with Crippen molar-refractivity contribution in [1.82, 2.24) is 4.90 Å². The number of thiocarbonyl (C=S) groups is 1. The van der Waals surface area contributed by atoms with Crippen molar-refractivity contribution < 1.29 is 4.39 Å². The van der Waals surface area contributed by atoms with Gasteiger partial charge in [0.05, 0.1) is 0 Å². The number of benzene rings is 1. The molecule has 0 aromatic heterocycles. The smallest absolute Gasteiger partial charge is 0.137 e. The Morgan fingerprint density at radius 2 is 2.11 bits per heavy atom. The van der Waals surface area contributed by atoms with Crippen LogP contribution in [-0.2, 0) is 6.54 Å². The molecular formula is C14H21FN2S. The van der Waals surface area contributed by atoms with Crippen LogP contribution in [0.25, 0.3) is 0 Å². The van der Waals surface area contributed by atoms with Crippen molar-refractivity contribution in [3.8, 4) is 0 Å². The van der Waals surface area contributed by atoms with E-state index in [9.17, 15) is 4.39 Å². The van der Waals surface area contributed by atoms with E-state index in [4.69, 9.17) is 18.0 Å². The molecule has 100 valence electrons. The molecule has 2 nitrogen and oxygen atoms in total. The molecule has 0 saturated heterocycles. The number of hydrogen-bond donors (Lipinski definition) is 1. The lowest BCUT2D eigenvalue weighted by molar-refractivity contribution is 0.210. The van der Waals surface area contributed by atoms with Gasteiger partial charge in [0.1, 0.15) is 10.8 Å². The van der Waals surface area contributed by atoms with Gasteiger partial charge >= 0.3 is 0 Å². The molecule has 0 fully saturated rings. The van der Waals surface area contributed by atoms with Crippen LogP contribution in [-0.4, -0.2) is 22.5 Å². The second-order valence-electron chi connectivity index (χ2n) is 4.71. The summed E-state index contributed by atoms with van der Waals surface area (Å²) in [5.41, 5.74) is 6.50. The van der Waals surface area contributed by atoms with Gasteiger partial charge in [-0.15, -0.1) is 0 Å². The van der Waals surface area contributed by atoms with Gasteiger partial charge in [-0.3, -0.25) is 4.90 Å². The second-order valence-corrected chi connectivity index (χ2v) is 5.15. The molecule has 0 unspecified atom stereocenters. The fourth-order valence-electron chi connectivity index (χ4n) is 1.92. The number of hydrogen-bond acceptors (Lipinski definition) is 2. The fraction of sp³-hybridized carbons (Fsp3) is 0.500. The van der Waals surface area contributed by atoms with Gasteiger partial charge in [0.2, 0.25) is 0 Å². The van der Waals surface area contributed by atoms with Gasteiger partial charge in [-0.05, 0) is 32.9 Å². The Labute approximate surface area is 114 Å². The van der Waals surface area contributed by atoms with Crippen LogP contribution in [0.15, 0.2) is 18.2 Å². The molecule has 2 N–H and O–H groups in total. The average Bonchev–Trinajstić information content (AvgIpc) is 2.30. The van der Waals surface area contributed by atoms with Crippen molar-refractivity contribution in [3.63, 3.8) is 0 Å². The van der Waals surface area contributed by atoms with Crippen LogP contribution >= 0.6 is 12.2 Å². The van der Waals surface area contributed by atoms with Gasteiger partial charge in [-0.1, -0.05) is 31.3 Å². The standard InChI is InChI=1S/C14H21FN2S/c1-4-8-17(10(2)3)9-11-6-5-7-12(13(11)15)14(16)18/h5-7,10H,4,8-9H2,1-3H3,(H2,16,18). The number of nitrogens with zero attached hydrogens (tertiary/aromatic N) is 1. The van der Waals surface area contributed by atoms with Crippen molar-refractivity contribution in [3.05, 3.63) is 35.1 Å². The van der Waals surface area contributed by atoms with Crippen LogP contribution in [0.4, 0.5) is 4.39 Å². The molecule has 0 aliphatic rings. The van der Waals surface area contributed by atoms with E-state index >= 15 is 0 Å². The molecule has 0 bridgehead atoms. The minimum Gasteiger partial charge on any atom is -0.389 e. The zero-order valence-electron chi connectivity index (χ0n) is 11.2. The van der Waals surface area contributed by atoms with Crippen LogP contribution in [0.5, 0.6) is 0 Å². The summed E-state index contributed by atoms with van der Waals surface area (Å²) >= 11 is 4.85. The molecule has 0 spiro atoms. The lowest BCUT2D eigenvalue weighted by Crippen LogP contribution is -2.31. The lowest BCUT2D eigenvalue weighted by atomic mass is 10.1. The average molecular weight is 268 g/mol. The van der Waals surface area contributed by atoms with Crippen LogP contribution in [0.1, 0.15) is 38.3 Å². The molecule has 1 rings (SSSR count). The highest BCUT2D eigenvalue weighted by Crippen LogP contribution is 2.16. The molecular weight excluding hydrogens is 247 g/mol. The molecule has 0 saturated carbocycles. The van der Waals surface area contributed by atoms with Crippen molar-refractivity contribution in [2.75, 3.05) is 6.54 Å². The quantitative estimate of drug-likeness (QED) is 0.804. The molecule has 1 aromatic carbocycles. The third-order valence-corrected chi connectivity index (χ3v) is 3.18. The minimum atomic E-state index is -0.285. The molecule has 0 amide bonds. The van der Waals surface area contributed by atoms with Crippen molar-refractivity contribution >= 4 is 17.2 Å². The molecule has 0 radical (unpaired) electrons. The van der Waals surface area contributed by atoms with Gasteiger partial charge < -0.3 is 5.73 Å². The Morgan fingerprint density at radius 1 is 1.44 bits per heavy atom. The monoisotopic (exact) mass is 268 g/mol. The topological polar surface area (TPSA) is 29.3 Å².